The molecule has 6 aliphatic rings. The minimum absolute atomic E-state index is 0.0259. The van der Waals surface area contributed by atoms with Gasteiger partial charge in [-0.1, -0.05) is 39.3 Å². The highest BCUT2D eigenvalue weighted by Gasteiger charge is 2.73. The van der Waals surface area contributed by atoms with Crippen molar-refractivity contribution in [2.75, 3.05) is 13.7 Å². The van der Waals surface area contributed by atoms with E-state index in [1.807, 2.05) is 0 Å². The molecule has 0 spiro atoms. The van der Waals surface area contributed by atoms with E-state index in [4.69, 9.17) is 14.2 Å². The maximum absolute atomic E-state index is 14.4. The first-order valence-corrected chi connectivity index (χ1v) is 18.0. The van der Waals surface area contributed by atoms with Crippen molar-refractivity contribution in [1.82, 2.24) is 0 Å². The molecule has 48 heavy (non-hydrogen) atoms. The highest BCUT2D eigenvalue weighted by Crippen LogP contribution is 2.76. The van der Waals surface area contributed by atoms with Crippen LogP contribution < -0.4 is 0 Å². The van der Waals surface area contributed by atoms with E-state index in [-0.39, 0.29) is 29.8 Å². The number of hydrogen-bond acceptors (Lipinski definition) is 11. The van der Waals surface area contributed by atoms with Crippen LogP contribution in [0, 0.1) is 50.2 Å². The Balaban J connectivity index is 1.40. The van der Waals surface area contributed by atoms with E-state index in [1.165, 1.54) is 7.11 Å². The molecule has 272 valence electrons. The van der Waals surface area contributed by atoms with Gasteiger partial charge in [-0.25, -0.2) is 0 Å². The van der Waals surface area contributed by atoms with Crippen LogP contribution in [0.1, 0.15) is 99.3 Å². The quantitative estimate of drug-likeness (QED) is 0.190. The van der Waals surface area contributed by atoms with Crippen LogP contribution in [-0.4, -0.2) is 99.2 Å². The topological polar surface area (TPSA) is 183 Å². The Morgan fingerprint density at radius 2 is 1.54 bits per heavy atom. The van der Waals surface area contributed by atoms with E-state index in [9.17, 15) is 40.2 Å². The molecule has 0 bridgehead atoms. The van der Waals surface area contributed by atoms with E-state index in [2.05, 4.69) is 33.8 Å². The van der Waals surface area contributed by atoms with E-state index in [0.29, 0.717) is 51.4 Å². The summed E-state index contributed by atoms with van der Waals surface area (Å²) < 4.78 is 16.8. The summed E-state index contributed by atoms with van der Waals surface area (Å²) in [5.41, 5.74) is -2.87. The fourth-order valence-electron chi connectivity index (χ4n) is 12.4. The number of aliphatic hydroxyl groups is 6. The van der Waals surface area contributed by atoms with Crippen LogP contribution in [0.15, 0.2) is 11.6 Å². The zero-order valence-electron chi connectivity index (χ0n) is 29.6. The summed E-state index contributed by atoms with van der Waals surface area (Å²) >= 11 is 0. The number of ether oxygens (including phenoxy) is 3. The van der Waals surface area contributed by atoms with Gasteiger partial charge >= 0.3 is 11.9 Å². The largest absolute Gasteiger partial charge is 0.469 e. The zero-order chi connectivity index (χ0) is 35.4. The summed E-state index contributed by atoms with van der Waals surface area (Å²) in [7, 11) is 1.32. The molecule has 5 aliphatic carbocycles. The van der Waals surface area contributed by atoms with Crippen molar-refractivity contribution >= 4 is 11.9 Å². The lowest BCUT2D eigenvalue weighted by Crippen LogP contribution is -2.70. The molecule has 0 radical (unpaired) electrons. The fraction of sp³-hybridized carbons (Fsp3) is 0.892. The number of hydrogen-bond donors (Lipinski definition) is 6. The third-order valence-electron chi connectivity index (χ3n) is 15.3. The normalized spacial score (nSPS) is 52.8. The van der Waals surface area contributed by atoms with Crippen molar-refractivity contribution in [2.24, 2.45) is 50.2 Å². The van der Waals surface area contributed by atoms with Gasteiger partial charge in [0.1, 0.15) is 18.3 Å². The Morgan fingerprint density at radius 1 is 0.875 bits per heavy atom. The van der Waals surface area contributed by atoms with E-state index in [1.54, 1.807) is 13.8 Å². The van der Waals surface area contributed by atoms with E-state index >= 15 is 0 Å². The first kappa shape index (κ1) is 36.2. The molecule has 0 aromatic heterocycles. The predicted octanol–water partition coefficient (Wildman–Crippen LogP) is 2.62. The molecular weight excluding hydrogens is 620 g/mol. The molecule has 0 amide bonds. The Hall–Kier alpha value is -1.60. The van der Waals surface area contributed by atoms with Gasteiger partial charge in [0.2, 0.25) is 6.29 Å². The summed E-state index contributed by atoms with van der Waals surface area (Å²) in [6.45, 7) is 12.0. The van der Waals surface area contributed by atoms with Gasteiger partial charge in [0.05, 0.1) is 42.9 Å². The summed E-state index contributed by atoms with van der Waals surface area (Å²) in [6, 6.07) is 0. The first-order chi connectivity index (χ1) is 22.3. The van der Waals surface area contributed by atoms with Gasteiger partial charge in [0.25, 0.3) is 0 Å². The average Bonchev–Trinajstić information content (AvgIpc) is 3.03. The number of rotatable bonds is 4. The minimum Gasteiger partial charge on any atom is -0.469 e. The summed E-state index contributed by atoms with van der Waals surface area (Å²) in [4.78, 5) is 27.8. The van der Waals surface area contributed by atoms with Crippen molar-refractivity contribution in [1.29, 1.82) is 0 Å². The van der Waals surface area contributed by atoms with Gasteiger partial charge < -0.3 is 44.8 Å². The number of methoxy groups -OCH3 is 1. The maximum Gasteiger partial charge on any atom is 0.315 e. The predicted molar refractivity (Wildman–Crippen MR) is 173 cm³/mol. The van der Waals surface area contributed by atoms with Crippen molar-refractivity contribution < 1.29 is 54.4 Å². The molecule has 0 aromatic rings. The lowest BCUT2D eigenvalue weighted by Gasteiger charge is -2.71. The molecule has 15 atom stereocenters. The smallest absolute Gasteiger partial charge is 0.315 e. The van der Waals surface area contributed by atoms with Crippen LogP contribution >= 0.6 is 0 Å². The summed E-state index contributed by atoms with van der Waals surface area (Å²) in [6.07, 6.45) is -1.53. The van der Waals surface area contributed by atoms with Crippen LogP contribution in [-0.2, 0) is 23.8 Å². The van der Waals surface area contributed by atoms with Crippen LogP contribution in [0.3, 0.4) is 0 Å². The average molecular weight is 679 g/mol. The summed E-state index contributed by atoms with van der Waals surface area (Å²) in [5, 5.41) is 65.4. The van der Waals surface area contributed by atoms with Gasteiger partial charge in [0, 0.05) is 5.41 Å². The van der Waals surface area contributed by atoms with Crippen LogP contribution in [0.25, 0.3) is 0 Å². The van der Waals surface area contributed by atoms with Crippen LogP contribution in [0.5, 0.6) is 0 Å². The molecule has 1 saturated heterocycles. The molecule has 5 fully saturated rings. The summed E-state index contributed by atoms with van der Waals surface area (Å²) in [5.74, 6) is -1.53. The molecule has 4 saturated carbocycles. The zero-order valence-corrected chi connectivity index (χ0v) is 29.6. The number of carbonyl (C=O) groups excluding carboxylic acids is 2. The molecule has 6 N–H and O–H groups in total. The van der Waals surface area contributed by atoms with Gasteiger partial charge in [-0.3, -0.25) is 9.59 Å². The SMILES string of the molecule is COC(=O)[C@@]1(C)[C@@H]2CC[C@]3(C)[C@H](CC=C4[C@@H]5CC(C)(C)CC[C@]5(C(=O)O[C@@H]5O[C@H](C)[C@H](O)[C@H](O)[C@H]5O)CC[C@]43CO)[C@@]2(C)C[C@H](O)[C@@H]1O. The Morgan fingerprint density at radius 3 is 2.19 bits per heavy atom. The highest BCUT2D eigenvalue weighted by atomic mass is 16.7. The molecule has 0 aromatic carbocycles. The fourth-order valence-corrected chi connectivity index (χ4v) is 12.4. The Labute approximate surface area is 284 Å². The monoisotopic (exact) mass is 678 g/mol. The lowest BCUT2D eigenvalue weighted by atomic mass is 9.33. The van der Waals surface area contributed by atoms with E-state index in [0.717, 1.165) is 12.0 Å². The third-order valence-corrected chi connectivity index (χ3v) is 15.3. The molecule has 1 heterocycles. The first-order valence-electron chi connectivity index (χ1n) is 18.0. The van der Waals surface area contributed by atoms with Gasteiger partial charge in [-0.15, -0.1) is 0 Å². The van der Waals surface area contributed by atoms with Crippen LogP contribution in [0.4, 0.5) is 0 Å². The lowest BCUT2D eigenvalue weighted by molar-refractivity contribution is -0.290. The molecule has 6 rings (SSSR count). The molecule has 11 heteroatoms. The number of aliphatic hydroxyl groups excluding tert-OH is 6. The van der Waals surface area contributed by atoms with Crippen LogP contribution in [0.2, 0.25) is 0 Å². The Kier molecular flexibility index (Phi) is 8.84. The van der Waals surface area contributed by atoms with Gasteiger partial charge in [-0.2, -0.15) is 0 Å². The van der Waals surface area contributed by atoms with Gasteiger partial charge in [-0.05, 0) is 106 Å². The minimum atomic E-state index is -1.60. The molecule has 0 unspecified atom stereocenters. The van der Waals surface area contributed by atoms with Crippen molar-refractivity contribution in [3.05, 3.63) is 11.6 Å². The third kappa shape index (κ3) is 4.70. The number of allylic oxidation sites excluding steroid dienone is 1. The standard InChI is InChI=1S/C37H58O11/c1-19-25(40)26(41)27(42)29(47-19)48-31(45)36-13-12-32(2,3)16-21(36)20-8-9-23-33(4)17-22(39)28(43)35(6,30(44)46-7)24(33)10-11-34(23,5)37(20,18-38)15-14-36/h8,19,21-29,38-43H,9-18H2,1-7H3/t19-,21+,22+,23-,24-,25+,26+,27-,28+,29+,33-,34-,35+,36+,37+/m1/s1. The number of esters is 2. The molecule has 1 aliphatic heterocycles. The van der Waals surface area contributed by atoms with E-state index < -0.39 is 81.9 Å². The maximum atomic E-state index is 14.4. The van der Waals surface area contributed by atoms with Crippen molar-refractivity contribution in [2.45, 2.75) is 142 Å². The number of carbonyl (C=O) groups is 2. The second-order valence-corrected chi connectivity index (χ2v) is 17.9. The number of fused-ring (bicyclic) bond motifs is 7. The molecule has 11 nitrogen and oxygen atoms in total. The Bertz CT molecular complexity index is 1330. The molecular formula is C37H58O11. The van der Waals surface area contributed by atoms with Crippen molar-refractivity contribution in [3.8, 4) is 0 Å². The highest BCUT2D eigenvalue weighted by molar-refractivity contribution is 5.79. The van der Waals surface area contributed by atoms with Crippen molar-refractivity contribution in [3.63, 3.8) is 0 Å². The second-order valence-electron chi connectivity index (χ2n) is 17.9. The second kappa shape index (κ2) is 11.7. The van der Waals surface area contributed by atoms with Gasteiger partial charge in [0.15, 0.2) is 0 Å².